The summed E-state index contributed by atoms with van der Waals surface area (Å²) in [6, 6.07) is 4.95. The van der Waals surface area contributed by atoms with E-state index >= 15 is 0 Å². The summed E-state index contributed by atoms with van der Waals surface area (Å²) < 4.78 is 4.78. The molecule has 3 nitrogen and oxygen atoms in total. The Morgan fingerprint density at radius 1 is 1.50 bits per heavy atom. The second-order valence-corrected chi connectivity index (χ2v) is 2.53. The molecule has 0 aliphatic carbocycles. The summed E-state index contributed by atoms with van der Waals surface area (Å²) in [5, 5.41) is 0. The molecule has 0 bridgehead atoms. The molecular formula is C9H5NO2. The van der Waals surface area contributed by atoms with E-state index < -0.39 is 0 Å². The third kappa shape index (κ3) is 0.857. The van der Waals surface area contributed by atoms with Gasteiger partial charge in [-0.2, -0.15) is 0 Å². The van der Waals surface area contributed by atoms with Gasteiger partial charge in [0.15, 0.2) is 5.69 Å². The molecule has 0 atom stereocenters. The Labute approximate surface area is 69.4 Å². The van der Waals surface area contributed by atoms with Crippen molar-refractivity contribution in [1.29, 1.82) is 0 Å². The summed E-state index contributed by atoms with van der Waals surface area (Å²) in [5.41, 5.74) is 1.95. The van der Waals surface area contributed by atoms with E-state index in [1.807, 2.05) is 0 Å². The van der Waals surface area contributed by atoms with E-state index in [0.717, 1.165) is 5.56 Å². The molecular weight excluding hydrogens is 154 g/mol. The summed E-state index contributed by atoms with van der Waals surface area (Å²) in [4.78, 5) is 14.2. The van der Waals surface area contributed by atoms with Crippen LogP contribution in [0, 0.1) is 6.57 Å². The molecule has 0 radical (unpaired) electrons. The van der Waals surface area contributed by atoms with Gasteiger partial charge in [-0.1, -0.05) is 12.1 Å². The maximum Gasteiger partial charge on any atom is 0.338 e. The van der Waals surface area contributed by atoms with E-state index in [4.69, 9.17) is 11.3 Å². The second-order valence-electron chi connectivity index (χ2n) is 2.53. The van der Waals surface area contributed by atoms with Crippen molar-refractivity contribution in [3.63, 3.8) is 0 Å². The number of esters is 1. The first-order chi connectivity index (χ1) is 5.81. The molecule has 1 aliphatic heterocycles. The van der Waals surface area contributed by atoms with Crippen LogP contribution in [0.1, 0.15) is 15.9 Å². The number of hydrogen-bond acceptors (Lipinski definition) is 2. The topological polar surface area (TPSA) is 30.7 Å². The lowest BCUT2D eigenvalue weighted by molar-refractivity contribution is 0.0535. The number of carbonyl (C=O) groups is 1. The molecule has 0 spiro atoms. The SMILES string of the molecule is [C-]#[N+]c1ccc2c(c1)COC2=O. The van der Waals surface area contributed by atoms with Crippen LogP contribution >= 0.6 is 0 Å². The lowest BCUT2D eigenvalue weighted by atomic mass is 10.1. The van der Waals surface area contributed by atoms with Crippen molar-refractivity contribution in [2.24, 2.45) is 0 Å². The molecule has 1 aliphatic rings. The lowest BCUT2D eigenvalue weighted by Crippen LogP contribution is -1.92. The van der Waals surface area contributed by atoms with Gasteiger partial charge in [-0.25, -0.2) is 9.64 Å². The number of fused-ring (bicyclic) bond motifs is 1. The van der Waals surface area contributed by atoms with E-state index in [9.17, 15) is 4.79 Å². The fourth-order valence-electron chi connectivity index (χ4n) is 1.19. The van der Waals surface area contributed by atoms with E-state index in [1.54, 1.807) is 18.2 Å². The van der Waals surface area contributed by atoms with E-state index in [-0.39, 0.29) is 5.97 Å². The van der Waals surface area contributed by atoms with Crippen LogP contribution in [0.25, 0.3) is 4.85 Å². The van der Waals surface area contributed by atoms with Crippen LogP contribution in [0.3, 0.4) is 0 Å². The van der Waals surface area contributed by atoms with E-state index in [1.165, 1.54) is 0 Å². The van der Waals surface area contributed by atoms with Gasteiger partial charge in [0.2, 0.25) is 0 Å². The molecule has 0 fully saturated rings. The van der Waals surface area contributed by atoms with Crippen LogP contribution in [-0.4, -0.2) is 5.97 Å². The van der Waals surface area contributed by atoms with Crippen molar-refractivity contribution in [3.05, 3.63) is 40.7 Å². The number of rotatable bonds is 0. The quantitative estimate of drug-likeness (QED) is 0.427. The molecule has 1 aromatic rings. The van der Waals surface area contributed by atoms with E-state index in [0.29, 0.717) is 17.9 Å². The van der Waals surface area contributed by atoms with Crippen molar-refractivity contribution in [3.8, 4) is 0 Å². The Hall–Kier alpha value is -1.82. The zero-order chi connectivity index (χ0) is 8.55. The van der Waals surface area contributed by atoms with Crippen LogP contribution < -0.4 is 0 Å². The molecule has 0 unspecified atom stereocenters. The summed E-state index contributed by atoms with van der Waals surface area (Å²) in [6.07, 6.45) is 0. The lowest BCUT2D eigenvalue weighted by Gasteiger charge is -1.92. The Balaban J connectivity index is 2.57. The number of carbonyl (C=O) groups excluding carboxylic acids is 1. The maximum atomic E-state index is 11.0. The molecule has 12 heavy (non-hydrogen) atoms. The number of cyclic esters (lactones) is 1. The smallest absolute Gasteiger partial charge is 0.338 e. The van der Waals surface area contributed by atoms with Gasteiger partial charge in [-0.05, 0) is 11.6 Å². The van der Waals surface area contributed by atoms with Gasteiger partial charge < -0.3 is 4.74 Å². The highest BCUT2D eigenvalue weighted by molar-refractivity contribution is 5.93. The Morgan fingerprint density at radius 3 is 3.08 bits per heavy atom. The molecule has 0 saturated carbocycles. The number of ether oxygens (including phenoxy) is 1. The average Bonchev–Trinajstić information content (AvgIpc) is 2.47. The van der Waals surface area contributed by atoms with Gasteiger partial charge >= 0.3 is 5.97 Å². The first kappa shape index (κ1) is 6.86. The third-order valence-electron chi connectivity index (χ3n) is 1.80. The molecule has 3 heteroatoms. The summed E-state index contributed by atoms with van der Waals surface area (Å²) in [6.45, 7) is 7.06. The van der Waals surface area contributed by atoms with Crippen molar-refractivity contribution < 1.29 is 9.53 Å². The standard InChI is InChI=1S/C9H5NO2/c1-10-7-2-3-8-6(4-7)5-12-9(8)11/h2-4H,5H2. The van der Waals surface area contributed by atoms with Crippen LogP contribution in [0.2, 0.25) is 0 Å². The molecule has 2 rings (SSSR count). The minimum atomic E-state index is -0.290. The molecule has 0 N–H and O–H groups in total. The van der Waals surface area contributed by atoms with Crippen molar-refractivity contribution in [1.82, 2.24) is 0 Å². The molecule has 0 amide bonds. The maximum absolute atomic E-state index is 11.0. The summed E-state index contributed by atoms with van der Waals surface area (Å²) in [5.74, 6) is -0.290. The summed E-state index contributed by atoms with van der Waals surface area (Å²) in [7, 11) is 0. The predicted octanol–water partition coefficient (Wildman–Crippen LogP) is 1.91. The van der Waals surface area contributed by atoms with Crippen molar-refractivity contribution in [2.45, 2.75) is 6.61 Å². The number of nitrogens with zero attached hydrogens (tertiary/aromatic N) is 1. The zero-order valence-corrected chi connectivity index (χ0v) is 6.20. The van der Waals surface area contributed by atoms with Gasteiger partial charge in [-0.3, -0.25) is 0 Å². The Morgan fingerprint density at radius 2 is 2.33 bits per heavy atom. The molecule has 1 aromatic carbocycles. The van der Waals surface area contributed by atoms with Crippen LogP contribution in [0.4, 0.5) is 5.69 Å². The number of hydrogen-bond donors (Lipinski definition) is 0. The monoisotopic (exact) mass is 159 g/mol. The van der Waals surface area contributed by atoms with Crippen molar-refractivity contribution >= 4 is 11.7 Å². The fraction of sp³-hybridized carbons (Fsp3) is 0.111. The van der Waals surface area contributed by atoms with Gasteiger partial charge in [0, 0.05) is 0 Å². The third-order valence-corrected chi connectivity index (χ3v) is 1.80. The molecule has 0 aromatic heterocycles. The predicted molar refractivity (Wildman–Crippen MR) is 41.8 cm³/mol. The summed E-state index contributed by atoms with van der Waals surface area (Å²) >= 11 is 0. The number of benzene rings is 1. The van der Waals surface area contributed by atoms with Gasteiger partial charge in [0.25, 0.3) is 0 Å². The minimum Gasteiger partial charge on any atom is -0.457 e. The van der Waals surface area contributed by atoms with Crippen LogP contribution in [0.15, 0.2) is 18.2 Å². The van der Waals surface area contributed by atoms with E-state index in [2.05, 4.69) is 4.85 Å². The van der Waals surface area contributed by atoms with Crippen LogP contribution in [0.5, 0.6) is 0 Å². The molecule has 0 saturated heterocycles. The van der Waals surface area contributed by atoms with Gasteiger partial charge in [0.1, 0.15) is 6.61 Å². The first-order valence-electron chi connectivity index (χ1n) is 3.49. The van der Waals surface area contributed by atoms with Gasteiger partial charge in [-0.15, -0.1) is 0 Å². The molecule has 1 heterocycles. The molecule has 58 valence electrons. The average molecular weight is 159 g/mol. The Kier molecular flexibility index (Phi) is 1.34. The zero-order valence-electron chi connectivity index (χ0n) is 6.20. The largest absolute Gasteiger partial charge is 0.457 e. The highest BCUT2D eigenvalue weighted by Gasteiger charge is 2.20. The first-order valence-corrected chi connectivity index (χ1v) is 3.49. The fourth-order valence-corrected chi connectivity index (χ4v) is 1.19. The van der Waals surface area contributed by atoms with Crippen LogP contribution in [-0.2, 0) is 11.3 Å². The highest BCUT2D eigenvalue weighted by Crippen LogP contribution is 2.24. The van der Waals surface area contributed by atoms with Gasteiger partial charge in [0.05, 0.1) is 12.1 Å². The normalized spacial score (nSPS) is 13.4. The highest BCUT2D eigenvalue weighted by atomic mass is 16.5. The second kappa shape index (κ2) is 2.35. The minimum absolute atomic E-state index is 0.290. The Bertz CT molecular complexity index is 390. The van der Waals surface area contributed by atoms with Crippen molar-refractivity contribution in [2.75, 3.05) is 0 Å².